The van der Waals surface area contributed by atoms with E-state index in [9.17, 15) is 5.11 Å². The van der Waals surface area contributed by atoms with Crippen LogP contribution in [0.4, 0.5) is 0 Å². The lowest BCUT2D eigenvalue weighted by Gasteiger charge is -2.07. The standard InChI is InChI=1S/C10H20N4O2/c1-2-10(16)3-4-11-7-9-8-14(5-6-15)13-12-9/h8,10-11,15-16H,2-7H2,1H3. The number of aliphatic hydroxyl groups is 2. The van der Waals surface area contributed by atoms with Gasteiger partial charge in [0.1, 0.15) is 0 Å². The quantitative estimate of drug-likeness (QED) is 0.523. The Bertz CT molecular complexity index is 290. The summed E-state index contributed by atoms with van der Waals surface area (Å²) < 4.78 is 1.61. The Morgan fingerprint density at radius 3 is 3.06 bits per heavy atom. The minimum Gasteiger partial charge on any atom is -0.394 e. The minimum atomic E-state index is -0.224. The predicted molar refractivity (Wildman–Crippen MR) is 59.7 cm³/mol. The van der Waals surface area contributed by atoms with Gasteiger partial charge in [-0.2, -0.15) is 0 Å². The van der Waals surface area contributed by atoms with E-state index in [-0.39, 0.29) is 12.7 Å². The molecule has 0 spiro atoms. The van der Waals surface area contributed by atoms with Gasteiger partial charge in [-0.1, -0.05) is 12.1 Å². The number of hydrogen-bond acceptors (Lipinski definition) is 5. The summed E-state index contributed by atoms with van der Waals surface area (Å²) in [6, 6.07) is 0. The average Bonchev–Trinajstić information content (AvgIpc) is 2.72. The van der Waals surface area contributed by atoms with Gasteiger partial charge in [0, 0.05) is 12.7 Å². The summed E-state index contributed by atoms with van der Waals surface area (Å²) in [6.45, 7) is 3.91. The maximum Gasteiger partial charge on any atom is 0.0964 e. The summed E-state index contributed by atoms with van der Waals surface area (Å²) in [5.41, 5.74) is 0.847. The van der Waals surface area contributed by atoms with Crippen LogP contribution in [0.25, 0.3) is 0 Å². The molecular formula is C10H20N4O2. The van der Waals surface area contributed by atoms with Crippen molar-refractivity contribution in [1.82, 2.24) is 20.3 Å². The molecule has 1 aromatic heterocycles. The molecule has 1 rings (SSSR count). The summed E-state index contributed by atoms with van der Waals surface area (Å²) in [7, 11) is 0. The van der Waals surface area contributed by atoms with Crippen LogP contribution in [-0.2, 0) is 13.1 Å². The van der Waals surface area contributed by atoms with Gasteiger partial charge in [-0.15, -0.1) is 5.10 Å². The second-order valence-corrected chi connectivity index (χ2v) is 3.72. The van der Waals surface area contributed by atoms with E-state index in [0.29, 0.717) is 13.1 Å². The highest BCUT2D eigenvalue weighted by Crippen LogP contribution is 1.96. The first-order chi connectivity index (χ1) is 7.76. The zero-order valence-electron chi connectivity index (χ0n) is 9.63. The van der Waals surface area contributed by atoms with Crippen molar-refractivity contribution >= 4 is 0 Å². The van der Waals surface area contributed by atoms with Crippen LogP contribution in [-0.4, -0.2) is 44.5 Å². The van der Waals surface area contributed by atoms with Crippen LogP contribution in [0.1, 0.15) is 25.5 Å². The van der Waals surface area contributed by atoms with Crippen LogP contribution in [0.2, 0.25) is 0 Å². The third-order valence-electron chi connectivity index (χ3n) is 2.35. The SMILES string of the molecule is CCC(O)CCNCc1cn(CCO)nn1. The predicted octanol–water partition coefficient (Wildman–Crippen LogP) is -0.479. The molecule has 6 heteroatoms. The van der Waals surface area contributed by atoms with Gasteiger partial charge < -0.3 is 15.5 Å². The average molecular weight is 228 g/mol. The van der Waals surface area contributed by atoms with E-state index in [1.54, 1.807) is 10.9 Å². The van der Waals surface area contributed by atoms with Gasteiger partial charge in [-0.3, -0.25) is 0 Å². The third kappa shape index (κ3) is 4.69. The summed E-state index contributed by atoms with van der Waals surface area (Å²) in [4.78, 5) is 0. The van der Waals surface area contributed by atoms with E-state index < -0.39 is 0 Å². The molecule has 1 unspecified atom stereocenters. The molecule has 0 aliphatic rings. The van der Waals surface area contributed by atoms with Crippen molar-refractivity contribution in [3.63, 3.8) is 0 Å². The third-order valence-corrected chi connectivity index (χ3v) is 2.35. The molecule has 3 N–H and O–H groups in total. The van der Waals surface area contributed by atoms with Gasteiger partial charge >= 0.3 is 0 Å². The first-order valence-electron chi connectivity index (χ1n) is 5.65. The van der Waals surface area contributed by atoms with Crippen LogP contribution in [0, 0.1) is 0 Å². The van der Waals surface area contributed by atoms with Crippen molar-refractivity contribution in [2.24, 2.45) is 0 Å². The van der Waals surface area contributed by atoms with Crippen LogP contribution < -0.4 is 5.32 Å². The van der Waals surface area contributed by atoms with Crippen molar-refractivity contribution in [3.8, 4) is 0 Å². The fraction of sp³-hybridized carbons (Fsp3) is 0.800. The van der Waals surface area contributed by atoms with Crippen LogP contribution in [0.15, 0.2) is 6.20 Å². The van der Waals surface area contributed by atoms with Crippen molar-refractivity contribution in [2.75, 3.05) is 13.2 Å². The Labute approximate surface area is 95.3 Å². The Morgan fingerprint density at radius 2 is 2.38 bits per heavy atom. The monoisotopic (exact) mass is 228 g/mol. The normalized spacial score (nSPS) is 12.9. The highest BCUT2D eigenvalue weighted by molar-refractivity contribution is 4.91. The number of hydrogen-bond donors (Lipinski definition) is 3. The maximum absolute atomic E-state index is 9.33. The molecule has 1 heterocycles. The minimum absolute atomic E-state index is 0.0684. The van der Waals surface area contributed by atoms with Gasteiger partial charge in [0.2, 0.25) is 0 Å². The van der Waals surface area contributed by atoms with Crippen LogP contribution in [0.3, 0.4) is 0 Å². The number of rotatable bonds is 8. The summed E-state index contributed by atoms with van der Waals surface area (Å²) in [5, 5.41) is 29.0. The zero-order valence-corrected chi connectivity index (χ0v) is 9.63. The smallest absolute Gasteiger partial charge is 0.0964 e. The van der Waals surface area contributed by atoms with E-state index in [4.69, 9.17) is 5.11 Å². The first-order valence-corrected chi connectivity index (χ1v) is 5.65. The highest BCUT2D eigenvalue weighted by Gasteiger charge is 2.02. The molecule has 0 aromatic carbocycles. The van der Waals surface area contributed by atoms with Crippen molar-refractivity contribution in [1.29, 1.82) is 0 Å². The van der Waals surface area contributed by atoms with Gasteiger partial charge in [0.25, 0.3) is 0 Å². The molecule has 0 fully saturated rings. The Kier molecular flexibility index (Phi) is 5.99. The second kappa shape index (κ2) is 7.32. The highest BCUT2D eigenvalue weighted by atomic mass is 16.3. The fourth-order valence-electron chi connectivity index (χ4n) is 1.32. The van der Waals surface area contributed by atoms with E-state index in [1.807, 2.05) is 6.92 Å². The Hall–Kier alpha value is -0.980. The van der Waals surface area contributed by atoms with E-state index >= 15 is 0 Å². The molecule has 92 valence electrons. The molecule has 0 aliphatic heterocycles. The molecule has 6 nitrogen and oxygen atoms in total. The van der Waals surface area contributed by atoms with E-state index in [1.165, 1.54) is 0 Å². The molecule has 0 amide bonds. The lowest BCUT2D eigenvalue weighted by atomic mass is 10.2. The van der Waals surface area contributed by atoms with Gasteiger partial charge in [-0.25, -0.2) is 4.68 Å². The second-order valence-electron chi connectivity index (χ2n) is 3.72. The Morgan fingerprint density at radius 1 is 1.56 bits per heavy atom. The van der Waals surface area contributed by atoms with Crippen LogP contribution in [0.5, 0.6) is 0 Å². The van der Waals surface area contributed by atoms with Gasteiger partial charge in [0.05, 0.1) is 24.9 Å². The topological polar surface area (TPSA) is 83.2 Å². The molecule has 0 aliphatic carbocycles. The van der Waals surface area contributed by atoms with E-state index in [2.05, 4.69) is 15.6 Å². The molecule has 0 saturated carbocycles. The number of nitrogens with zero attached hydrogens (tertiary/aromatic N) is 3. The fourth-order valence-corrected chi connectivity index (χ4v) is 1.32. The van der Waals surface area contributed by atoms with Crippen LogP contribution >= 0.6 is 0 Å². The molecular weight excluding hydrogens is 208 g/mol. The van der Waals surface area contributed by atoms with Gasteiger partial charge in [-0.05, 0) is 19.4 Å². The number of nitrogens with one attached hydrogen (secondary N) is 1. The maximum atomic E-state index is 9.33. The molecule has 1 atom stereocenters. The molecule has 1 aromatic rings. The molecule has 0 radical (unpaired) electrons. The molecule has 16 heavy (non-hydrogen) atoms. The summed E-state index contributed by atoms with van der Waals surface area (Å²) in [6.07, 6.45) is 3.12. The van der Waals surface area contributed by atoms with Crippen molar-refractivity contribution in [2.45, 2.75) is 39.0 Å². The largest absolute Gasteiger partial charge is 0.394 e. The number of aromatic nitrogens is 3. The van der Waals surface area contributed by atoms with E-state index in [0.717, 1.165) is 25.1 Å². The molecule has 0 bridgehead atoms. The lowest BCUT2D eigenvalue weighted by molar-refractivity contribution is 0.159. The number of aliphatic hydroxyl groups excluding tert-OH is 2. The summed E-state index contributed by atoms with van der Waals surface area (Å²) in [5.74, 6) is 0. The lowest BCUT2D eigenvalue weighted by Crippen LogP contribution is -2.19. The first kappa shape index (κ1) is 13.1. The zero-order chi connectivity index (χ0) is 11.8. The molecule has 0 saturated heterocycles. The summed E-state index contributed by atoms with van der Waals surface area (Å²) >= 11 is 0. The van der Waals surface area contributed by atoms with Crippen molar-refractivity contribution in [3.05, 3.63) is 11.9 Å². The van der Waals surface area contributed by atoms with Crippen molar-refractivity contribution < 1.29 is 10.2 Å². The van der Waals surface area contributed by atoms with Gasteiger partial charge in [0.15, 0.2) is 0 Å². The Balaban J connectivity index is 2.16.